The molecule has 0 saturated heterocycles. The molecule has 8 nitrogen and oxygen atoms in total. The minimum Gasteiger partial charge on any atom is -0.481 e. The normalized spacial score (nSPS) is 12.7. The van der Waals surface area contributed by atoms with E-state index < -0.39 is 12.0 Å². The minimum atomic E-state index is -0.925. The van der Waals surface area contributed by atoms with Gasteiger partial charge in [0.2, 0.25) is 0 Å². The van der Waals surface area contributed by atoms with Gasteiger partial charge in [0.15, 0.2) is 0 Å². The molecule has 0 bridgehead atoms. The molecule has 21 heavy (non-hydrogen) atoms. The summed E-state index contributed by atoms with van der Waals surface area (Å²) in [6.07, 6.45) is 2.44. The number of carboxylic acids is 1. The van der Waals surface area contributed by atoms with Gasteiger partial charge in [0.25, 0.3) is 0 Å². The first kappa shape index (κ1) is 16.9. The number of carbonyl (C=O) groups is 2. The number of nitrogens with one attached hydrogen (secondary N) is 3. The van der Waals surface area contributed by atoms with Crippen molar-refractivity contribution in [3.63, 3.8) is 0 Å². The summed E-state index contributed by atoms with van der Waals surface area (Å²) in [6.45, 7) is 6.42. The Kier molecular flexibility index (Phi) is 6.13. The number of rotatable bonds is 7. The first-order valence-corrected chi connectivity index (χ1v) is 6.86. The number of hydrogen-bond acceptors (Lipinski definition) is 4. The van der Waals surface area contributed by atoms with Crippen molar-refractivity contribution in [3.05, 3.63) is 12.2 Å². The van der Waals surface area contributed by atoms with Gasteiger partial charge in [0.1, 0.15) is 12.2 Å². The highest BCUT2D eigenvalue weighted by molar-refractivity contribution is 5.75. The smallest absolute Gasteiger partial charge is 0.315 e. The molecule has 1 aromatic rings. The predicted molar refractivity (Wildman–Crippen MR) is 76.7 cm³/mol. The summed E-state index contributed by atoms with van der Waals surface area (Å²) in [7, 11) is 0. The number of carbonyl (C=O) groups excluding carboxylic acids is 1. The molecule has 0 spiro atoms. The summed E-state index contributed by atoms with van der Waals surface area (Å²) in [5, 5.41) is 20.7. The molecule has 4 N–H and O–H groups in total. The summed E-state index contributed by atoms with van der Waals surface area (Å²) in [4.78, 5) is 26.6. The second-order valence-corrected chi connectivity index (χ2v) is 6.14. The van der Waals surface area contributed by atoms with E-state index >= 15 is 0 Å². The fourth-order valence-electron chi connectivity index (χ4n) is 2.01. The Hall–Kier alpha value is -2.12. The number of H-pyrrole nitrogens is 1. The van der Waals surface area contributed by atoms with Gasteiger partial charge in [-0.15, -0.1) is 0 Å². The third kappa shape index (κ3) is 7.91. The third-order valence-electron chi connectivity index (χ3n) is 2.73. The lowest BCUT2D eigenvalue weighted by Crippen LogP contribution is -2.45. The van der Waals surface area contributed by atoms with E-state index in [0.29, 0.717) is 25.2 Å². The van der Waals surface area contributed by atoms with E-state index in [-0.39, 0.29) is 17.9 Å². The summed E-state index contributed by atoms with van der Waals surface area (Å²) in [6, 6.07) is -0.766. The van der Waals surface area contributed by atoms with Gasteiger partial charge >= 0.3 is 12.0 Å². The van der Waals surface area contributed by atoms with Gasteiger partial charge in [-0.3, -0.25) is 9.89 Å². The van der Waals surface area contributed by atoms with Gasteiger partial charge in [-0.1, -0.05) is 20.8 Å². The summed E-state index contributed by atoms with van der Waals surface area (Å²) in [5.74, 6) is -0.238. The number of aromatic nitrogens is 3. The predicted octanol–water partition coefficient (Wildman–Crippen LogP) is 0.926. The standard InChI is InChI=1S/C13H23N5O3/c1-13(2,3)7-9(6-11(19)20)17-12(21)14-5-4-10-15-8-16-18-10/h8-9H,4-7H2,1-3H3,(H,19,20)(H2,14,17,21)(H,15,16,18). The molecule has 2 amide bonds. The molecule has 1 aromatic heterocycles. The molecule has 8 heteroatoms. The molecule has 0 fully saturated rings. The molecule has 118 valence electrons. The van der Waals surface area contributed by atoms with Gasteiger partial charge < -0.3 is 15.7 Å². The van der Waals surface area contributed by atoms with Crippen molar-refractivity contribution in [3.8, 4) is 0 Å². The molecule has 0 radical (unpaired) electrons. The molecule has 1 atom stereocenters. The Morgan fingerprint density at radius 1 is 1.43 bits per heavy atom. The van der Waals surface area contributed by atoms with Gasteiger partial charge in [-0.25, -0.2) is 9.78 Å². The molecule has 0 aliphatic rings. The van der Waals surface area contributed by atoms with Crippen LogP contribution in [-0.4, -0.2) is 44.9 Å². The number of hydrogen-bond donors (Lipinski definition) is 4. The van der Waals surface area contributed by atoms with Crippen molar-refractivity contribution in [2.75, 3.05) is 6.54 Å². The monoisotopic (exact) mass is 297 g/mol. The quantitative estimate of drug-likeness (QED) is 0.596. The number of aromatic amines is 1. The minimum absolute atomic E-state index is 0.0623. The summed E-state index contributed by atoms with van der Waals surface area (Å²) < 4.78 is 0. The van der Waals surface area contributed by atoms with Gasteiger partial charge in [-0.2, -0.15) is 5.10 Å². The zero-order chi connectivity index (χ0) is 15.9. The Morgan fingerprint density at radius 3 is 2.67 bits per heavy atom. The molecule has 0 aliphatic heterocycles. The second-order valence-electron chi connectivity index (χ2n) is 6.14. The van der Waals surface area contributed by atoms with Gasteiger partial charge in [0, 0.05) is 19.0 Å². The van der Waals surface area contributed by atoms with E-state index in [2.05, 4.69) is 25.8 Å². The average molecular weight is 297 g/mol. The van der Waals surface area contributed by atoms with Crippen LogP contribution >= 0.6 is 0 Å². The van der Waals surface area contributed by atoms with E-state index in [4.69, 9.17) is 5.11 Å². The van der Waals surface area contributed by atoms with Gasteiger partial charge in [-0.05, 0) is 11.8 Å². The Morgan fingerprint density at radius 2 is 2.14 bits per heavy atom. The van der Waals surface area contributed by atoms with E-state index in [1.54, 1.807) is 0 Å². The summed E-state index contributed by atoms with van der Waals surface area (Å²) >= 11 is 0. The van der Waals surface area contributed by atoms with Crippen molar-refractivity contribution in [2.24, 2.45) is 5.41 Å². The lowest BCUT2D eigenvalue weighted by Gasteiger charge is -2.25. The van der Waals surface area contributed by atoms with Crippen molar-refractivity contribution < 1.29 is 14.7 Å². The van der Waals surface area contributed by atoms with Crippen molar-refractivity contribution in [1.82, 2.24) is 25.8 Å². The van der Waals surface area contributed by atoms with Crippen LogP contribution in [0.5, 0.6) is 0 Å². The zero-order valence-electron chi connectivity index (χ0n) is 12.6. The van der Waals surface area contributed by atoms with Crippen LogP contribution < -0.4 is 10.6 Å². The van der Waals surface area contributed by atoms with Crippen LogP contribution in [0.4, 0.5) is 4.79 Å². The van der Waals surface area contributed by atoms with Crippen molar-refractivity contribution >= 4 is 12.0 Å². The first-order valence-electron chi connectivity index (χ1n) is 6.86. The maximum atomic E-state index is 11.8. The van der Waals surface area contributed by atoms with Crippen LogP contribution in [0.1, 0.15) is 39.4 Å². The molecule has 1 heterocycles. The molecule has 0 saturated carbocycles. The molecule has 1 unspecified atom stereocenters. The van der Waals surface area contributed by atoms with Crippen LogP contribution in [-0.2, 0) is 11.2 Å². The molecule has 0 aliphatic carbocycles. The van der Waals surface area contributed by atoms with Crippen molar-refractivity contribution in [1.29, 1.82) is 0 Å². The lowest BCUT2D eigenvalue weighted by molar-refractivity contribution is -0.137. The topological polar surface area (TPSA) is 120 Å². The van der Waals surface area contributed by atoms with E-state index in [0.717, 1.165) is 0 Å². The number of carboxylic acid groups (broad SMARTS) is 1. The number of urea groups is 1. The zero-order valence-corrected chi connectivity index (χ0v) is 12.6. The number of aliphatic carboxylic acids is 1. The molecular weight excluding hydrogens is 274 g/mol. The molecular formula is C13H23N5O3. The van der Waals surface area contributed by atoms with Crippen LogP contribution in [0.3, 0.4) is 0 Å². The SMILES string of the molecule is CC(C)(C)CC(CC(=O)O)NC(=O)NCCc1ncn[nH]1. The number of nitrogens with zero attached hydrogens (tertiary/aromatic N) is 2. The van der Waals surface area contributed by atoms with E-state index in [1.807, 2.05) is 20.8 Å². The fourth-order valence-corrected chi connectivity index (χ4v) is 2.01. The highest BCUT2D eigenvalue weighted by atomic mass is 16.4. The maximum Gasteiger partial charge on any atom is 0.315 e. The van der Waals surface area contributed by atoms with Crippen molar-refractivity contribution in [2.45, 2.75) is 46.1 Å². The van der Waals surface area contributed by atoms with E-state index in [1.165, 1.54) is 6.33 Å². The lowest BCUT2D eigenvalue weighted by atomic mass is 9.87. The first-order chi connectivity index (χ1) is 9.76. The molecule has 0 aromatic carbocycles. The Labute approximate surface area is 123 Å². The number of amides is 2. The molecule has 1 rings (SSSR count). The highest BCUT2D eigenvalue weighted by Crippen LogP contribution is 2.22. The van der Waals surface area contributed by atoms with E-state index in [9.17, 15) is 9.59 Å². The summed E-state index contributed by atoms with van der Waals surface area (Å²) in [5.41, 5.74) is -0.0623. The fraction of sp³-hybridized carbons (Fsp3) is 0.692. The van der Waals surface area contributed by atoms with Crippen LogP contribution in [0.15, 0.2) is 6.33 Å². The van der Waals surface area contributed by atoms with Crippen LogP contribution in [0.25, 0.3) is 0 Å². The second kappa shape index (κ2) is 7.61. The average Bonchev–Trinajstić information content (AvgIpc) is 2.78. The third-order valence-corrected chi connectivity index (χ3v) is 2.73. The van der Waals surface area contributed by atoms with Crippen LogP contribution in [0.2, 0.25) is 0 Å². The van der Waals surface area contributed by atoms with Crippen LogP contribution in [0, 0.1) is 5.41 Å². The largest absolute Gasteiger partial charge is 0.481 e. The highest BCUT2D eigenvalue weighted by Gasteiger charge is 2.22. The van der Waals surface area contributed by atoms with Gasteiger partial charge in [0.05, 0.1) is 6.42 Å². The Balaban J connectivity index is 2.38. The Bertz CT molecular complexity index is 453. The maximum absolute atomic E-state index is 11.8.